The molecule has 0 radical (unpaired) electrons. The Kier molecular flexibility index (Phi) is 9.45. The lowest BCUT2D eigenvalue weighted by molar-refractivity contribution is -0.140. The van der Waals surface area contributed by atoms with Gasteiger partial charge in [-0.1, -0.05) is 72.8 Å². The molecule has 3 rings (SSSR count). The second kappa shape index (κ2) is 12.9. The fraction of sp³-hybridized carbons (Fsp3) is 0.250. The van der Waals surface area contributed by atoms with Crippen LogP contribution in [0.15, 0.2) is 89.9 Å². The lowest BCUT2D eigenvalue weighted by atomic mass is 9.89. The number of nitrogens with two attached hydrogens (primary N) is 3. The summed E-state index contributed by atoms with van der Waals surface area (Å²) in [6, 6.07) is 24.9. The molecule has 1 atom stereocenters. The minimum atomic E-state index is -0.835. The van der Waals surface area contributed by atoms with Crippen molar-refractivity contribution in [2.75, 3.05) is 13.1 Å². The van der Waals surface area contributed by atoms with Crippen molar-refractivity contribution in [1.82, 2.24) is 4.90 Å². The number of amides is 2. The van der Waals surface area contributed by atoms with Gasteiger partial charge in [-0.3, -0.25) is 14.6 Å². The van der Waals surface area contributed by atoms with Crippen LogP contribution in [0.2, 0.25) is 0 Å². The number of phenolic OH excluding ortho intramolecular Hbond substituents is 1. The third-order valence-electron chi connectivity index (χ3n) is 6.01. The summed E-state index contributed by atoms with van der Waals surface area (Å²) in [5, 5.41) is 9.61. The Labute approximate surface area is 211 Å². The molecule has 2 amide bonds. The zero-order valence-corrected chi connectivity index (χ0v) is 20.2. The normalized spacial score (nSPS) is 11.6. The molecule has 0 aliphatic carbocycles. The SMILES string of the molecule is NC(=O)[C@H](CCCN=C(N)N)N(CCc1ccc(O)cc1)C(=O)C(c1ccccc1)c1ccccc1. The van der Waals surface area contributed by atoms with E-state index in [1.54, 1.807) is 29.2 Å². The fourth-order valence-corrected chi connectivity index (χ4v) is 4.21. The Morgan fingerprint density at radius 3 is 1.89 bits per heavy atom. The molecule has 36 heavy (non-hydrogen) atoms. The average molecular weight is 488 g/mol. The summed E-state index contributed by atoms with van der Waals surface area (Å²) in [5.74, 6) is -1.27. The highest BCUT2D eigenvalue weighted by Gasteiger charge is 2.34. The first-order chi connectivity index (χ1) is 17.4. The Morgan fingerprint density at radius 1 is 0.833 bits per heavy atom. The van der Waals surface area contributed by atoms with Crippen molar-refractivity contribution in [3.05, 3.63) is 102 Å². The zero-order chi connectivity index (χ0) is 25.9. The predicted molar refractivity (Wildman–Crippen MR) is 141 cm³/mol. The largest absolute Gasteiger partial charge is 0.508 e. The third-order valence-corrected chi connectivity index (χ3v) is 6.01. The van der Waals surface area contributed by atoms with Gasteiger partial charge in [0, 0.05) is 13.1 Å². The van der Waals surface area contributed by atoms with Crippen LogP contribution in [-0.4, -0.2) is 46.9 Å². The molecule has 0 bridgehead atoms. The maximum absolute atomic E-state index is 14.2. The van der Waals surface area contributed by atoms with Crippen LogP contribution in [0.5, 0.6) is 5.75 Å². The van der Waals surface area contributed by atoms with Crippen LogP contribution >= 0.6 is 0 Å². The van der Waals surface area contributed by atoms with Gasteiger partial charge in [-0.2, -0.15) is 0 Å². The molecule has 8 nitrogen and oxygen atoms in total. The van der Waals surface area contributed by atoms with E-state index in [1.165, 1.54) is 0 Å². The van der Waals surface area contributed by atoms with E-state index in [2.05, 4.69) is 4.99 Å². The summed E-state index contributed by atoms with van der Waals surface area (Å²) >= 11 is 0. The molecule has 0 heterocycles. The number of phenols is 1. The van der Waals surface area contributed by atoms with Crippen LogP contribution in [0.1, 0.15) is 35.4 Å². The van der Waals surface area contributed by atoms with Gasteiger partial charge in [-0.05, 0) is 48.1 Å². The first-order valence-corrected chi connectivity index (χ1v) is 11.9. The number of benzene rings is 3. The number of aromatic hydroxyl groups is 1. The van der Waals surface area contributed by atoms with Gasteiger partial charge in [0.2, 0.25) is 11.8 Å². The molecule has 3 aromatic carbocycles. The second-order valence-electron chi connectivity index (χ2n) is 8.57. The summed E-state index contributed by atoms with van der Waals surface area (Å²) < 4.78 is 0. The number of guanidine groups is 1. The van der Waals surface area contributed by atoms with Crippen molar-refractivity contribution < 1.29 is 14.7 Å². The Morgan fingerprint density at radius 2 is 1.39 bits per heavy atom. The highest BCUT2D eigenvalue weighted by atomic mass is 16.3. The van der Waals surface area contributed by atoms with Crippen LogP contribution in [0, 0.1) is 0 Å². The van der Waals surface area contributed by atoms with E-state index in [-0.39, 0.29) is 24.2 Å². The quantitative estimate of drug-likeness (QED) is 0.176. The molecular weight excluding hydrogens is 454 g/mol. The van der Waals surface area contributed by atoms with Crippen molar-refractivity contribution in [1.29, 1.82) is 0 Å². The summed E-state index contributed by atoms with van der Waals surface area (Å²) in [7, 11) is 0. The van der Waals surface area contributed by atoms with Crippen molar-refractivity contribution in [2.45, 2.75) is 31.2 Å². The van der Waals surface area contributed by atoms with E-state index >= 15 is 0 Å². The van der Waals surface area contributed by atoms with E-state index in [4.69, 9.17) is 17.2 Å². The maximum Gasteiger partial charge on any atom is 0.240 e. The average Bonchev–Trinajstić information content (AvgIpc) is 2.87. The molecule has 0 saturated heterocycles. The number of hydrogen-bond donors (Lipinski definition) is 4. The number of hydrogen-bond acceptors (Lipinski definition) is 4. The van der Waals surface area contributed by atoms with Crippen LogP contribution in [-0.2, 0) is 16.0 Å². The van der Waals surface area contributed by atoms with E-state index in [0.29, 0.717) is 25.8 Å². The van der Waals surface area contributed by atoms with Gasteiger partial charge >= 0.3 is 0 Å². The first kappa shape index (κ1) is 26.3. The topological polar surface area (TPSA) is 148 Å². The van der Waals surface area contributed by atoms with Gasteiger partial charge in [0.15, 0.2) is 5.96 Å². The molecule has 0 unspecified atom stereocenters. The smallest absolute Gasteiger partial charge is 0.240 e. The molecular formula is C28H33N5O3. The first-order valence-electron chi connectivity index (χ1n) is 11.9. The molecule has 0 fully saturated rings. The number of rotatable bonds is 12. The number of primary amides is 1. The Balaban J connectivity index is 1.96. The van der Waals surface area contributed by atoms with Crippen LogP contribution in [0.3, 0.4) is 0 Å². The molecule has 0 aliphatic heterocycles. The van der Waals surface area contributed by atoms with Crippen LogP contribution < -0.4 is 17.2 Å². The standard InChI is InChI=1S/C28H33N5O3/c29-26(35)24(12-7-18-32-28(30)31)33(19-17-20-13-15-23(34)16-14-20)27(36)25(21-8-3-1-4-9-21)22-10-5-2-6-11-22/h1-6,8-11,13-16,24-25,34H,7,12,17-19H2,(H2,29,35)(H4,30,31,32)/t24-/m0/s1. The Hall–Kier alpha value is -4.33. The highest BCUT2D eigenvalue weighted by molar-refractivity contribution is 5.92. The lowest BCUT2D eigenvalue weighted by Crippen LogP contribution is -2.50. The van der Waals surface area contributed by atoms with Crippen molar-refractivity contribution in [2.24, 2.45) is 22.2 Å². The van der Waals surface area contributed by atoms with Gasteiger partial charge in [0.25, 0.3) is 0 Å². The van der Waals surface area contributed by atoms with Crippen LogP contribution in [0.4, 0.5) is 0 Å². The molecule has 7 N–H and O–H groups in total. The van der Waals surface area contributed by atoms with E-state index < -0.39 is 17.9 Å². The number of nitrogens with zero attached hydrogens (tertiary/aromatic N) is 2. The Bertz CT molecular complexity index is 1110. The third kappa shape index (κ3) is 7.33. The van der Waals surface area contributed by atoms with Gasteiger partial charge in [0.05, 0.1) is 5.92 Å². The van der Waals surface area contributed by atoms with Gasteiger partial charge in [0.1, 0.15) is 11.8 Å². The molecule has 0 aromatic heterocycles. The van der Waals surface area contributed by atoms with E-state index in [0.717, 1.165) is 16.7 Å². The molecule has 0 aliphatic rings. The molecule has 0 spiro atoms. The van der Waals surface area contributed by atoms with Gasteiger partial charge in [-0.15, -0.1) is 0 Å². The number of aliphatic imine (C=N–C) groups is 1. The number of carbonyl (C=O) groups excluding carboxylic acids is 2. The van der Waals surface area contributed by atoms with E-state index in [1.807, 2.05) is 60.7 Å². The summed E-state index contributed by atoms with van der Waals surface area (Å²) in [5.41, 5.74) is 19.3. The maximum atomic E-state index is 14.2. The van der Waals surface area contributed by atoms with Crippen molar-refractivity contribution >= 4 is 17.8 Å². The van der Waals surface area contributed by atoms with Crippen LogP contribution in [0.25, 0.3) is 0 Å². The fourth-order valence-electron chi connectivity index (χ4n) is 4.21. The summed E-state index contributed by atoms with van der Waals surface area (Å²) in [6.07, 6.45) is 1.29. The molecule has 8 heteroatoms. The van der Waals surface area contributed by atoms with Gasteiger partial charge in [-0.25, -0.2) is 0 Å². The molecule has 188 valence electrons. The lowest BCUT2D eigenvalue weighted by Gasteiger charge is -2.33. The highest BCUT2D eigenvalue weighted by Crippen LogP contribution is 2.28. The van der Waals surface area contributed by atoms with Crippen molar-refractivity contribution in [3.63, 3.8) is 0 Å². The predicted octanol–water partition coefficient (Wildman–Crippen LogP) is 2.50. The minimum Gasteiger partial charge on any atom is -0.508 e. The summed E-state index contributed by atoms with van der Waals surface area (Å²) in [4.78, 5) is 32.4. The van der Waals surface area contributed by atoms with Crippen molar-refractivity contribution in [3.8, 4) is 5.75 Å². The number of carbonyl (C=O) groups is 2. The monoisotopic (exact) mass is 487 g/mol. The molecule has 3 aromatic rings. The zero-order valence-electron chi connectivity index (χ0n) is 20.2. The van der Waals surface area contributed by atoms with E-state index in [9.17, 15) is 14.7 Å². The summed E-state index contributed by atoms with van der Waals surface area (Å²) in [6.45, 7) is 0.600. The van der Waals surface area contributed by atoms with Gasteiger partial charge < -0.3 is 27.2 Å². The minimum absolute atomic E-state index is 0.0286. The second-order valence-corrected chi connectivity index (χ2v) is 8.57. The molecule has 0 saturated carbocycles.